The third-order valence-electron chi connectivity index (χ3n) is 4.87. The lowest BCUT2D eigenvalue weighted by Gasteiger charge is -2.24. The molecule has 1 N–H and O–H groups in total. The fraction of sp³-hybridized carbons (Fsp3) is 0.611. The maximum absolute atomic E-state index is 12.3. The van der Waals surface area contributed by atoms with Crippen molar-refractivity contribution in [2.24, 2.45) is 5.92 Å². The Morgan fingerprint density at radius 3 is 2.67 bits per heavy atom. The number of rotatable bonds is 4. The van der Waals surface area contributed by atoms with E-state index in [9.17, 15) is 14.9 Å². The minimum Gasteiger partial charge on any atom is -0.452 e. The van der Waals surface area contributed by atoms with Crippen molar-refractivity contribution in [3.8, 4) is 6.07 Å². The minimum atomic E-state index is -0.841. The van der Waals surface area contributed by atoms with Crippen LogP contribution in [0.3, 0.4) is 0 Å². The molecule has 0 aromatic carbocycles. The first kappa shape index (κ1) is 17.0. The lowest BCUT2D eigenvalue weighted by Crippen LogP contribution is -2.34. The van der Waals surface area contributed by atoms with Gasteiger partial charge in [0.05, 0.1) is 11.5 Å². The molecule has 1 heterocycles. The second-order valence-electron chi connectivity index (χ2n) is 6.58. The molecular formula is C18H22N2O3S. The van der Waals surface area contributed by atoms with E-state index in [2.05, 4.69) is 11.4 Å². The Kier molecular flexibility index (Phi) is 5.20. The van der Waals surface area contributed by atoms with Gasteiger partial charge in [-0.1, -0.05) is 12.8 Å². The van der Waals surface area contributed by atoms with Gasteiger partial charge in [0.25, 0.3) is 5.91 Å². The van der Waals surface area contributed by atoms with Crippen molar-refractivity contribution in [1.29, 1.82) is 5.26 Å². The molecule has 0 saturated heterocycles. The highest BCUT2D eigenvalue weighted by Crippen LogP contribution is 2.37. The highest BCUT2D eigenvalue weighted by atomic mass is 32.1. The molecule has 1 aromatic rings. The molecule has 128 valence electrons. The van der Waals surface area contributed by atoms with Gasteiger partial charge in [-0.2, -0.15) is 5.26 Å². The average Bonchev–Trinajstić information content (AvgIpc) is 2.65. The molecule has 1 atom stereocenters. The van der Waals surface area contributed by atoms with Crippen LogP contribution in [0.2, 0.25) is 0 Å². The zero-order valence-electron chi connectivity index (χ0n) is 13.9. The third-order valence-corrected chi connectivity index (χ3v) is 6.08. The van der Waals surface area contributed by atoms with E-state index < -0.39 is 6.10 Å². The maximum Gasteiger partial charge on any atom is 0.309 e. The smallest absolute Gasteiger partial charge is 0.309 e. The molecule has 1 amide bonds. The fourth-order valence-corrected chi connectivity index (χ4v) is 4.37. The Morgan fingerprint density at radius 1 is 1.25 bits per heavy atom. The van der Waals surface area contributed by atoms with Crippen molar-refractivity contribution in [2.45, 2.75) is 64.4 Å². The molecule has 0 aliphatic heterocycles. The van der Waals surface area contributed by atoms with Gasteiger partial charge in [0.2, 0.25) is 0 Å². The average molecular weight is 346 g/mol. The summed E-state index contributed by atoms with van der Waals surface area (Å²) in [5, 5.41) is 12.9. The zero-order chi connectivity index (χ0) is 17.1. The first-order valence-electron chi connectivity index (χ1n) is 8.66. The second-order valence-corrected chi connectivity index (χ2v) is 7.68. The molecule has 2 aliphatic rings. The van der Waals surface area contributed by atoms with Crippen LogP contribution in [0.1, 0.15) is 61.5 Å². The number of ether oxygens (including phenoxy) is 1. The molecule has 1 fully saturated rings. The Morgan fingerprint density at radius 2 is 2.00 bits per heavy atom. The Bertz CT molecular complexity index is 685. The van der Waals surface area contributed by atoms with Gasteiger partial charge in [-0.05, 0) is 51.0 Å². The van der Waals surface area contributed by atoms with Crippen LogP contribution >= 0.6 is 11.3 Å². The summed E-state index contributed by atoms with van der Waals surface area (Å²) in [4.78, 5) is 25.4. The molecule has 0 spiro atoms. The number of aryl methyl sites for hydroxylation is 1. The number of nitriles is 1. The van der Waals surface area contributed by atoms with Gasteiger partial charge in [-0.3, -0.25) is 9.59 Å². The SMILES string of the molecule is C[C@@H](OC(=O)C1CCC1)C(=O)Nc1sc2c(c1C#N)CCCCC2. The first-order valence-corrected chi connectivity index (χ1v) is 9.47. The summed E-state index contributed by atoms with van der Waals surface area (Å²) in [6, 6.07) is 2.24. The molecule has 6 heteroatoms. The summed E-state index contributed by atoms with van der Waals surface area (Å²) in [6.07, 6.45) is 7.17. The van der Waals surface area contributed by atoms with E-state index in [0.29, 0.717) is 10.6 Å². The highest BCUT2D eigenvalue weighted by molar-refractivity contribution is 7.16. The van der Waals surface area contributed by atoms with Crippen molar-refractivity contribution < 1.29 is 14.3 Å². The largest absolute Gasteiger partial charge is 0.452 e. The molecule has 24 heavy (non-hydrogen) atoms. The summed E-state index contributed by atoms with van der Waals surface area (Å²) in [5.41, 5.74) is 1.68. The summed E-state index contributed by atoms with van der Waals surface area (Å²) >= 11 is 1.49. The highest BCUT2D eigenvalue weighted by Gasteiger charge is 2.30. The monoisotopic (exact) mass is 346 g/mol. The number of fused-ring (bicyclic) bond motifs is 1. The van der Waals surface area contributed by atoms with Gasteiger partial charge >= 0.3 is 5.97 Å². The molecule has 5 nitrogen and oxygen atoms in total. The first-order chi connectivity index (χ1) is 11.6. The Balaban J connectivity index is 1.67. The Labute approximate surface area is 146 Å². The third kappa shape index (κ3) is 3.46. The predicted molar refractivity (Wildman–Crippen MR) is 91.8 cm³/mol. The van der Waals surface area contributed by atoms with Crippen molar-refractivity contribution in [3.63, 3.8) is 0 Å². The van der Waals surface area contributed by atoms with Crippen molar-refractivity contribution in [2.75, 3.05) is 5.32 Å². The normalized spacial score (nSPS) is 18.5. The van der Waals surface area contributed by atoms with Gasteiger partial charge in [0, 0.05) is 4.88 Å². The van der Waals surface area contributed by atoms with E-state index in [0.717, 1.165) is 50.5 Å². The van der Waals surface area contributed by atoms with E-state index in [1.165, 1.54) is 22.6 Å². The van der Waals surface area contributed by atoms with Crippen molar-refractivity contribution in [3.05, 3.63) is 16.0 Å². The zero-order valence-corrected chi connectivity index (χ0v) is 14.7. The molecule has 2 aliphatic carbocycles. The van der Waals surface area contributed by atoms with E-state index in [1.54, 1.807) is 6.92 Å². The number of nitrogens with zero attached hydrogens (tertiary/aromatic N) is 1. The van der Waals surface area contributed by atoms with Crippen LogP contribution in [0.25, 0.3) is 0 Å². The van der Waals surface area contributed by atoms with E-state index >= 15 is 0 Å². The molecule has 0 radical (unpaired) electrons. The van der Waals surface area contributed by atoms with Crippen LogP contribution in [-0.2, 0) is 27.2 Å². The van der Waals surface area contributed by atoms with Crippen LogP contribution in [0.15, 0.2) is 0 Å². The number of hydrogen-bond donors (Lipinski definition) is 1. The number of hydrogen-bond acceptors (Lipinski definition) is 5. The quantitative estimate of drug-likeness (QED) is 0.668. The van der Waals surface area contributed by atoms with Gasteiger partial charge in [-0.25, -0.2) is 0 Å². The molecule has 0 unspecified atom stereocenters. The summed E-state index contributed by atoms with van der Waals surface area (Å²) in [5.74, 6) is -0.699. The standard InChI is InChI=1S/C18H22N2O3S/c1-11(23-18(22)12-6-5-7-12)16(21)20-17-14(10-19)13-8-3-2-4-9-15(13)24-17/h11-12H,2-9H2,1H3,(H,20,21)/t11-/m1/s1. The van der Waals surface area contributed by atoms with E-state index in [4.69, 9.17) is 4.74 Å². The second kappa shape index (κ2) is 7.35. The van der Waals surface area contributed by atoms with Crippen LogP contribution in [-0.4, -0.2) is 18.0 Å². The van der Waals surface area contributed by atoms with Gasteiger partial charge in [0.15, 0.2) is 6.10 Å². The van der Waals surface area contributed by atoms with Crippen LogP contribution in [0, 0.1) is 17.2 Å². The number of carbonyl (C=O) groups excluding carboxylic acids is 2. The summed E-state index contributed by atoms with van der Waals surface area (Å²) < 4.78 is 5.25. The number of anilines is 1. The van der Waals surface area contributed by atoms with E-state index in [-0.39, 0.29) is 17.8 Å². The predicted octanol–water partition coefficient (Wildman–Crippen LogP) is 3.56. The number of esters is 1. The van der Waals surface area contributed by atoms with Gasteiger partial charge in [-0.15, -0.1) is 11.3 Å². The molecule has 0 bridgehead atoms. The summed E-state index contributed by atoms with van der Waals surface area (Å²) in [7, 11) is 0. The van der Waals surface area contributed by atoms with Crippen molar-refractivity contribution in [1.82, 2.24) is 0 Å². The van der Waals surface area contributed by atoms with E-state index in [1.807, 2.05) is 0 Å². The minimum absolute atomic E-state index is 0.0484. The molecular weight excluding hydrogens is 324 g/mol. The molecule has 1 saturated carbocycles. The molecule has 3 rings (SSSR count). The number of amides is 1. The lowest BCUT2D eigenvalue weighted by molar-refractivity contribution is -0.159. The van der Waals surface area contributed by atoms with Crippen LogP contribution in [0.4, 0.5) is 5.00 Å². The van der Waals surface area contributed by atoms with Crippen molar-refractivity contribution >= 4 is 28.2 Å². The number of carbonyl (C=O) groups is 2. The fourth-order valence-electron chi connectivity index (χ4n) is 3.13. The van der Waals surface area contributed by atoms with Gasteiger partial charge in [0.1, 0.15) is 11.1 Å². The maximum atomic E-state index is 12.3. The summed E-state index contributed by atoms with van der Waals surface area (Å²) in [6.45, 7) is 1.58. The van der Waals surface area contributed by atoms with Crippen LogP contribution < -0.4 is 5.32 Å². The van der Waals surface area contributed by atoms with Crippen LogP contribution in [0.5, 0.6) is 0 Å². The molecule has 1 aromatic heterocycles. The Hall–Kier alpha value is -1.87. The van der Waals surface area contributed by atoms with Gasteiger partial charge < -0.3 is 10.1 Å². The lowest BCUT2D eigenvalue weighted by atomic mass is 9.86. The number of thiophene rings is 1. The topological polar surface area (TPSA) is 79.2 Å². The number of nitrogens with one attached hydrogen (secondary N) is 1.